The number of hydrogen-bond acceptors (Lipinski definition) is 8. The van der Waals surface area contributed by atoms with Crippen molar-refractivity contribution in [3.05, 3.63) is 82.2 Å². The summed E-state index contributed by atoms with van der Waals surface area (Å²) in [7, 11) is 0. The maximum absolute atomic E-state index is 12.0. The van der Waals surface area contributed by atoms with Gasteiger partial charge >= 0.3 is 11.9 Å². The molecule has 0 unspecified atom stereocenters. The van der Waals surface area contributed by atoms with Gasteiger partial charge in [-0.3, -0.25) is 9.59 Å². The van der Waals surface area contributed by atoms with Crippen molar-refractivity contribution < 1.29 is 33.6 Å². The van der Waals surface area contributed by atoms with Gasteiger partial charge in [-0.25, -0.2) is 0 Å². The molecule has 0 amide bonds. The molecule has 1 saturated carbocycles. The summed E-state index contributed by atoms with van der Waals surface area (Å²) in [5.41, 5.74) is 9.07. The second-order valence-electron chi connectivity index (χ2n) is 8.42. The fourth-order valence-corrected chi connectivity index (χ4v) is 4.17. The summed E-state index contributed by atoms with van der Waals surface area (Å²) >= 11 is 0. The normalized spacial score (nSPS) is 25.8. The number of benzene rings is 2. The van der Waals surface area contributed by atoms with E-state index in [1.807, 2.05) is 60.7 Å². The van der Waals surface area contributed by atoms with E-state index in [0.29, 0.717) is 0 Å². The average molecular weight is 484 g/mol. The summed E-state index contributed by atoms with van der Waals surface area (Å²) in [6, 6.07) is 17.6. The van der Waals surface area contributed by atoms with Gasteiger partial charge in [-0.2, -0.15) is 0 Å². The van der Waals surface area contributed by atoms with E-state index < -0.39 is 41.9 Å². The van der Waals surface area contributed by atoms with Gasteiger partial charge < -0.3 is 24.1 Å². The molecule has 0 aromatic heterocycles. The van der Waals surface area contributed by atoms with E-state index in [4.69, 9.17) is 24.5 Å². The summed E-state index contributed by atoms with van der Waals surface area (Å²) in [6.45, 7) is 2.46. The number of rotatable bonds is 10. The molecule has 2 aromatic rings. The van der Waals surface area contributed by atoms with Crippen molar-refractivity contribution in [2.45, 2.75) is 63.4 Å². The minimum Gasteiger partial charge on any atom is -0.459 e. The Morgan fingerprint density at radius 2 is 1.54 bits per heavy atom. The molecule has 0 heterocycles. The summed E-state index contributed by atoms with van der Waals surface area (Å²) in [5, 5.41) is 15.4. The SMILES string of the molecule is CC(=O)O[C@@H]1[C@@H](OCc2ccccc2)[C@H](OC(C)=O)[C@@](O)(COCc2ccccc2)C[C@H]1N=[N+]=[N-]. The van der Waals surface area contributed by atoms with E-state index in [9.17, 15) is 14.7 Å². The molecular formula is C25H29N3O7. The van der Waals surface area contributed by atoms with Crippen molar-refractivity contribution in [2.24, 2.45) is 5.11 Å². The zero-order valence-corrected chi connectivity index (χ0v) is 19.6. The van der Waals surface area contributed by atoms with Crippen LogP contribution in [0, 0.1) is 0 Å². The number of carbonyl (C=O) groups is 2. The van der Waals surface area contributed by atoms with Gasteiger partial charge in [-0.15, -0.1) is 0 Å². The Bertz CT molecular complexity index is 1030. The Kier molecular flexibility index (Phi) is 9.22. The van der Waals surface area contributed by atoms with Crippen LogP contribution in [-0.2, 0) is 41.8 Å². The number of nitrogens with zero attached hydrogens (tertiary/aromatic N) is 3. The number of azide groups is 1. The van der Waals surface area contributed by atoms with Crippen LogP contribution in [-0.4, -0.2) is 53.6 Å². The van der Waals surface area contributed by atoms with Crippen molar-refractivity contribution in [1.29, 1.82) is 0 Å². The highest BCUT2D eigenvalue weighted by molar-refractivity contribution is 5.67. The lowest BCUT2D eigenvalue weighted by Gasteiger charge is -2.48. The monoisotopic (exact) mass is 483 g/mol. The van der Waals surface area contributed by atoms with Crippen molar-refractivity contribution in [3.63, 3.8) is 0 Å². The first-order valence-corrected chi connectivity index (χ1v) is 11.2. The van der Waals surface area contributed by atoms with E-state index in [0.717, 1.165) is 11.1 Å². The van der Waals surface area contributed by atoms with Crippen LogP contribution in [0.1, 0.15) is 31.4 Å². The van der Waals surface area contributed by atoms with Crippen molar-refractivity contribution >= 4 is 11.9 Å². The molecule has 1 aliphatic rings. The third-order valence-electron chi connectivity index (χ3n) is 5.64. The van der Waals surface area contributed by atoms with Crippen LogP contribution in [0.2, 0.25) is 0 Å². The molecule has 10 nitrogen and oxygen atoms in total. The topological polar surface area (TPSA) is 140 Å². The molecule has 186 valence electrons. The Morgan fingerprint density at radius 3 is 2.09 bits per heavy atom. The number of ether oxygens (including phenoxy) is 4. The highest BCUT2D eigenvalue weighted by atomic mass is 16.6. The number of hydrogen-bond donors (Lipinski definition) is 1. The predicted molar refractivity (Wildman–Crippen MR) is 125 cm³/mol. The van der Waals surface area contributed by atoms with Gasteiger partial charge in [0, 0.05) is 18.8 Å². The van der Waals surface area contributed by atoms with Gasteiger partial charge in [0.05, 0.1) is 25.9 Å². The van der Waals surface area contributed by atoms with E-state index >= 15 is 0 Å². The highest BCUT2D eigenvalue weighted by Crippen LogP contribution is 2.38. The maximum Gasteiger partial charge on any atom is 0.303 e. The highest BCUT2D eigenvalue weighted by Gasteiger charge is 2.57. The molecule has 0 saturated heterocycles. The molecule has 5 atom stereocenters. The molecule has 0 spiro atoms. The van der Waals surface area contributed by atoms with Gasteiger partial charge in [0.1, 0.15) is 17.8 Å². The largest absolute Gasteiger partial charge is 0.459 e. The lowest BCUT2D eigenvalue weighted by molar-refractivity contribution is -0.242. The third kappa shape index (κ3) is 7.27. The summed E-state index contributed by atoms with van der Waals surface area (Å²) < 4.78 is 22.9. The van der Waals surface area contributed by atoms with Gasteiger partial charge in [0.25, 0.3) is 0 Å². The van der Waals surface area contributed by atoms with Gasteiger partial charge in [0.15, 0.2) is 6.10 Å². The third-order valence-corrected chi connectivity index (χ3v) is 5.64. The Morgan fingerprint density at radius 1 is 0.971 bits per heavy atom. The van der Waals surface area contributed by atoms with Crippen LogP contribution >= 0.6 is 0 Å². The lowest BCUT2D eigenvalue weighted by atomic mass is 9.76. The molecule has 10 heteroatoms. The minimum absolute atomic E-state index is 0.0744. The van der Waals surface area contributed by atoms with E-state index in [1.165, 1.54) is 13.8 Å². The zero-order chi connectivity index (χ0) is 25.3. The van der Waals surface area contributed by atoms with E-state index in [-0.39, 0.29) is 26.2 Å². The van der Waals surface area contributed by atoms with Crippen LogP contribution in [0.3, 0.4) is 0 Å². The predicted octanol–water partition coefficient (Wildman–Crippen LogP) is 3.47. The molecule has 0 bridgehead atoms. The van der Waals surface area contributed by atoms with Crippen LogP contribution < -0.4 is 0 Å². The lowest BCUT2D eigenvalue weighted by Crippen LogP contribution is -2.66. The second kappa shape index (κ2) is 12.3. The zero-order valence-electron chi connectivity index (χ0n) is 19.6. The molecular weight excluding hydrogens is 454 g/mol. The number of aliphatic hydroxyl groups is 1. The standard InChI is InChI=1S/C25H29N3O7/c1-17(29)34-22-21(27-28-26)13-25(31,16-32-14-19-9-5-3-6-10-19)24(35-18(2)30)23(22)33-15-20-11-7-4-8-12-20/h3-12,21-24,31H,13-16H2,1-2H3/t21-,22+,23-,24+,25+/m1/s1. The van der Waals surface area contributed by atoms with Crippen LogP contribution in [0.4, 0.5) is 0 Å². The van der Waals surface area contributed by atoms with Gasteiger partial charge in [-0.1, -0.05) is 65.8 Å². The fraction of sp³-hybridized carbons (Fsp3) is 0.440. The molecule has 3 rings (SSSR count). The van der Waals surface area contributed by atoms with Crippen LogP contribution in [0.5, 0.6) is 0 Å². The van der Waals surface area contributed by atoms with Crippen molar-refractivity contribution in [2.75, 3.05) is 6.61 Å². The molecule has 2 aromatic carbocycles. The van der Waals surface area contributed by atoms with Crippen molar-refractivity contribution in [3.8, 4) is 0 Å². The molecule has 1 aliphatic carbocycles. The van der Waals surface area contributed by atoms with Crippen LogP contribution in [0.15, 0.2) is 65.8 Å². The average Bonchev–Trinajstić information content (AvgIpc) is 2.82. The van der Waals surface area contributed by atoms with E-state index in [2.05, 4.69) is 10.0 Å². The van der Waals surface area contributed by atoms with E-state index in [1.54, 1.807) is 0 Å². The molecule has 35 heavy (non-hydrogen) atoms. The molecule has 1 fully saturated rings. The quantitative estimate of drug-likeness (QED) is 0.236. The number of carbonyl (C=O) groups excluding carboxylic acids is 2. The Hall–Kier alpha value is -3.43. The summed E-state index contributed by atoms with van der Waals surface area (Å²) in [5.74, 6) is -1.29. The van der Waals surface area contributed by atoms with Gasteiger partial charge in [-0.05, 0) is 23.1 Å². The minimum atomic E-state index is -1.78. The molecule has 0 radical (unpaired) electrons. The second-order valence-corrected chi connectivity index (χ2v) is 8.42. The first-order valence-electron chi connectivity index (χ1n) is 11.2. The fourth-order valence-electron chi connectivity index (χ4n) is 4.17. The maximum atomic E-state index is 12.0. The summed E-state index contributed by atoms with van der Waals surface area (Å²) in [4.78, 5) is 26.8. The van der Waals surface area contributed by atoms with Crippen LogP contribution in [0.25, 0.3) is 10.4 Å². The smallest absolute Gasteiger partial charge is 0.303 e. The summed E-state index contributed by atoms with van der Waals surface area (Å²) in [6.07, 6.45) is -3.65. The molecule has 1 N–H and O–H groups in total. The first-order chi connectivity index (χ1) is 16.8. The van der Waals surface area contributed by atoms with Gasteiger partial charge in [0.2, 0.25) is 0 Å². The first kappa shape index (κ1) is 26.2. The Labute approximate surface area is 203 Å². The Balaban J connectivity index is 1.91. The number of esters is 2. The van der Waals surface area contributed by atoms with Crippen molar-refractivity contribution in [1.82, 2.24) is 0 Å². The molecule has 0 aliphatic heterocycles.